The molecule has 0 saturated carbocycles. The Kier molecular flexibility index (Phi) is 6.18. The lowest BCUT2D eigenvalue weighted by atomic mass is 10.0. The van der Waals surface area contributed by atoms with E-state index >= 15 is 0 Å². The summed E-state index contributed by atoms with van der Waals surface area (Å²) in [6.07, 6.45) is 1.96. The Morgan fingerprint density at radius 1 is 1.16 bits per heavy atom. The van der Waals surface area contributed by atoms with Crippen molar-refractivity contribution in [1.82, 2.24) is 15.1 Å². The van der Waals surface area contributed by atoms with Crippen LogP contribution in [0.4, 0.5) is 10.8 Å². The van der Waals surface area contributed by atoms with E-state index in [1.54, 1.807) is 0 Å². The number of likely N-dealkylation sites (tertiary alicyclic amines) is 1. The van der Waals surface area contributed by atoms with Crippen molar-refractivity contribution in [3.63, 3.8) is 0 Å². The van der Waals surface area contributed by atoms with Crippen LogP contribution in [0.2, 0.25) is 0 Å². The van der Waals surface area contributed by atoms with Crippen LogP contribution >= 0.6 is 23.1 Å². The summed E-state index contributed by atoms with van der Waals surface area (Å²) < 4.78 is 12.1. The zero-order valence-corrected chi connectivity index (χ0v) is 19.4. The van der Waals surface area contributed by atoms with Gasteiger partial charge in [0.15, 0.2) is 15.8 Å². The molecule has 0 radical (unpaired) electrons. The summed E-state index contributed by atoms with van der Waals surface area (Å²) in [4.78, 5) is 15.0. The average Bonchev–Trinajstić information content (AvgIpc) is 3.48. The van der Waals surface area contributed by atoms with Crippen molar-refractivity contribution in [2.24, 2.45) is 0 Å². The van der Waals surface area contributed by atoms with Gasteiger partial charge in [-0.1, -0.05) is 46.9 Å². The molecule has 2 aliphatic rings. The van der Waals surface area contributed by atoms with Crippen molar-refractivity contribution < 1.29 is 14.3 Å². The van der Waals surface area contributed by atoms with E-state index in [1.807, 2.05) is 47.4 Å². The first-order valence-corrected chi connectivity index (χ1v) is 12.4. The number of anilines is 2. The van der Waals surface area contributed by atoms with E-state index < -0.39 is 0 Å². The number of hydrogen-bond donors (Lipinski definition) is 1. The van der Waals surface area contributed by atoms with Crippen LogP contribution in [0.1, 0.15) is 30.0 Å². The van der Waals surface area contributed by atoms with Gasteiger partial charge in [0.25, 0.3) is 0 Å². The number of fused-ring (bicyclic) bond motifs is 1. The molecule has 0 spiro atoms. The number of carbonyl (C=O) groups is 1. The van der Waals surface area contributed by atoms with Crippen LogP contribution in [0.15, 0.2) is 46.8 Å². The number of benzene rings is 2. The number of thioether (sulfide) groups is 1. The van der Waals surface area contributed by atoms with Gasteiger partial charge >= 0.3 is 0 Å². The van der Waals surface area contributed by atoms with E-state index in [9.17, 15) is 4.79 Å². The van der Waals surface area contributed by atoms with Crippen molar-refractivity contribution >= 4 is 39.8 Å². The first-order valence-electron chi connectivity index (χ1n) is 10.6. The van der Waals surface area contributed by atoms with Gasteiger partial charge in [-0.25, -0.2) is 0 Å². The molecule has 9 heteroatoms. The van der Waals surface area contributed by atoms with Crippen molar-refractivity contribution in [3.05, 3.63) is 53.6 Å². The standard InChI is InChI=1S/C23H24N4O3S2/c1-15-4-7-17(8-5-15)24-22-25-26-23(32-22)31-14-21(28)27-10-2-3-18(27)16-6-9-19-20(13-16)30-12-11-29-19/h4-9,13,18H,2-3,10-12,14H2,1H3,(H,24,25). The largest absolute Gasteiger partial charge is 0.486 e. The Hall–Kier alpha value is -2.78. The second-order valence-corrected chi connectivity index (χ2v) is 10.0. The first-order chi connectivity index (χ1) is 15.7. The Bertz CT molecular complexity index is 1100. The zero-order chi connectivity index (χ0) is 21.9. The van der Waals surface area contributed by atoms with Crippen LogP contribution < -0.4 is 14.8 Å². The molecule has 0 bridgehead atoms. The van der Waals surface area contributed by atoms with Crippen LogP contribution in [0.5, 0.6) is 11.5 Å². The van der Waals surface area contributed by atoms with Gasteiger partial charge in [-0.3, -0.25) is 4.79 Å². The third-order valence-electron chi connectivity index (χ3n) is 5.55. The molecular formula is C23H24N4O3S2. The van der Waals surface area contributed by atoms with E-state index in [0.29, 0.717) is 19.0 Å². The highest BCUT2D eigenvalue weighted by Crippen LogP contribution is 2.38. The van der Waals surface area contributed by atoms with Crippen molar-refractivity contribution in [1.29, 1.82) is 0 Å². The highest BCUT2D eigenvalue weighted by Gasteiger charge is 2.31. The van der Waals surface area contributed by atoms with Crippen molar-refractivity contribution in [2.45, 2.75) is 30.1 Å². The number of aryl methyl sites for hydroxylation is 1. The SMILES string of the molecule is Cc1ccc(Nc2nnc(SCC(=O)N3CCCC3c3ccc4c(c3)OCCO4)s2)cc1. The van der Waals surface area contributed by atoms with Crippen molar-refractivity contribution in [2.75, 3.05) is 30.8 Å². The highest BCUT2D eigenvalue weighted by atomic mass is 32.2. The van der Waals surface area contributed by atoms with E-state index in [0.717, 1.165) is 51.6 Å². The Labute approximate surface area is 195 Å². The van der Waals surface area contributed by atoms with Crippen LogP contribution in [-0.4, -0.2) is 46.5 Å². The summed E-state index contributed by atoms with van der Waals surface area (Å²) in [5.74, 6) is 2.01. The van der Waals surface area contributed by atoms with Crippen LogP contribution in [-0.2, 0) is 4.79 Å². The predicted octanol–water partition coefficient (Wildman–Crippen LogP) is 4.82. The molecule has 1 unspecified atom stereocenters. The fourth-order valence-electron chi connectivity index (χ4n) is 3.96. The molecule has 1 amide bonds. The van der Waals surface area contributed by atoms with Gasteiger partial charge in [0, 0.05) is 12.2 Å². The number of aromatic nitrogens is 2. The van der Waals surface area contributed by atoms with Crippen LogP contribution in [0.3, 0.4) is 0 Å². The number of ether oxygens (including phenoxy) is 2. The second kappa shape index (κ2) is 9.38. The average molecular weight is 469 g/mol. The number of rotatable bonds is 6. The minimum atomic E-state index is 0.0760. The highest BCUT2D eigenvalue weighted by molar-refractivity contribution is 8.01. The van der Waals surface area contributed by atoms with Gasteiger partial charge in [0.2, 0.25) is 11.0 Å². The number of nitrogens with one attached hydrogen (secondary N) is 1. The molecule has 1 fully saturated rings. The number of hydrogen-bond acceptors (Lipinski definition) is 8. The van der Waals surface area contributed by atoms with E-state index in [1.165, 1.54) is 28.7 Å². The molecule has 3 aromatic rings. The maximum absolute atomic E-state index is 13.0. The van der Waals surface area contributed by atoms with Gasteiger partial charge in [-0.05, 0) is 49.6 Å². The number of amides is 1. The smallest absolute Gasteiger partial charge is 0.233 e. The van der Waals surface area contributed by atoms with Gasteiger partial charge in [0.05, 0.1) is 11.8 Å². The van der Waals surface area contributed by atoms with Gasteiger partial charge in [0.1, 0.15) is 13.2 Å². The zero-order valence-electron chi connectivity index (χ0n) is 17.7. The first kappa shape index (κ1) is 21.1. The maximum Gasteiger partial charge on any atom is 0.233 e. The third kappa shape index (κ3) is 4.68. The Morgan fingerprint density at radius 3 is 2.81 bits per heavy atom. The molecule has 1 atom stereocenters. The van der Waals surface area contributed by atoms with E-state index in [2.05, 4.69) is 22.4 Å². The number of carbonyl (C=O) groups excluding carboxylic acids is 1. The molecule has 1 saturated heterocycles. The molecule has 3 heterocycles. The molecule has 0 aliphatic carbocycles. The van der Waals surface area contributed by atoms with Crippen molar-refractivity contribution in [3.8, 4) is 11.5 Å². The molecule has 1 aromatic heterocycles. The predicted molar refractivity (Wildman–Crippen MR) is 126 cm³/mol. The molecule has 2 aromatic carbocycles. The van der Waals surface area contributed by atoms with Gasteiger partial charge in [-0.2, -0.15) is 0 Å². The molecule has 7 nitrogen and oxygen atoms in total. The molecule has 2 aliphatic heterocycles. The summed E-state index contributed by atoms with van der Waals surface area (Å²) in [7, 11) is 0. The minimum absolute atomic E-state index is 0.0760. The Morgan fingerprint density at radius 2 is 1.97 bits per heavy atom. The number of nitrogens with zero attached hydrogens (tertiary/aromatic N) is 3. The quantitative estimate of drug-likeness (QED) is 0.520. The lowest BCUT2D eigenvalue weighted by molar-refractivity contribution is -0.129. The molecular weight excluding hydrogens is 444 g/mol. The van der Waals surface area contributed by atoms with Gasteiger partial charge < -0.3 is 19.7 Å². The topological polar surface area (TPSA) is 76.6 Å². The Balaban J connectivity index is 1.19. The maximum atomic E-state index is 13.0. The lowest BCUT2D eigenvalue weighted by Crippen LogP contribution is -2.32. The summed E-state index contributed by atoms with van der Waals surface area (Å²) in [5, 5.41) is 12.4. The summed E-state index contributed by atoms with van der Waals surface area (Å²) in [6, 6.07) is 14.2. The molecule has 32 heavy (non-hydrogen) atoms. The molecule has 1 N–H and O–H groups in total. The van der Waals surface area contributed by atoms with E-state index in [-0.39, 0.29) is 11.9 Å². The van der Waals surface area contributed by atoms with E-state index in [4.69, 9.17) is 9.47 Å². The van der Waals surface area contributed by atoms with Gasteiger partial charge in [-0.15, -0.1) is 10.2 Å². The second-order valence-electron chi connectivity index (χ2n) is 7.80. The monoisotopic (exact) mass is 468 g/mol. The fourth-order valence-corrected chi connectivity index (χ4v) is 5.62. The lowest BCUT2D eigenvalue weighted by Gasteiger charge is -2.26. The summed E-state index contributed by atoms with van der Waals surface area (Å²) >= 11 is 2.90. The third-order valence-corrected chi connectivity index (χ3v) is 7.51. The fraction of sp³-hybridized carbons (Fsp3) is 0.348. The minimum Gasteiger partial charge on any atom is -0.486 e. The molecule has 166 valence electrons. The molecule has 5 rings (SSSR count). The normalized spacial score (nSPS) is 17.4. The van der Waals surface area contributed by atoms with Crippen LogP contribution in [0, 0.1) is 6.92 Å². The summed E-state index contributed by atoms with van der Waals surface area (Å²) in [5.41, 5.74) is 3.28. The summed E-state index contributed by atoms with van der Waals surface area (Å²) in [6.45, 7) is 3.96. The van der Waals surface area contributed by atoms with Crippen LogP contribution in [0.25, 0.3) is 0 Å².